The molecule has 1 aromatic heterocycles. The lowest BCUT2D eigenvalue weighted by Gasteiger charge is -2.03. The molecule has 15 heavy (non-hydrogen) atoms. The second-order valence-electron chi connectivity index (χ2n) is 3.15. The monoisotopic (exact) mass is 203 g/mol. The molecule has 0 bridgehead atoms. The molecule has 0 unspecified atom stereocenters. The van der Waals surface area contributed by atoms with E-state index >= 15 is 0 Å². The Morgan fingerprint density at radius 3 is 2.67 bits per heavy atom. The van der Waals surface area contributed by atoms with Crippen molar-refractivity contribution in [3.8, 4) is 0 Å². The molecule has 1 aromatic carbocycles. The highest BCUT2D eigenvalue weighted by atomic mass is 15.2. The minimum absolute atomic E-state index is 0.573. The third-order valence-corrected chi connectivity index (χ3v) is 2.02. The maximum atomic E-state index is 4.33. The first-order valence-electron chi connectivity index (χ1n) is 4.88. The van der Waals surface area contributed by atoms with Crippen LogP contribution in [0.2, 0.25) is 0 Å². The van der Waals surface area contributed by atoms with E-state index in [2.05, 4.69) is 25.8 Å². The molecule has 0 atom stereocenters. The third kappa shape index (κ3) is 2.38. The van der Waals surface area contributed by atoms with Gasteiger partial charge in [0.1, 0.15) is 5.52 Å². The average molecular weight is 203 g/mol. The number of likely N-dealkylation sites (N-methyl/N-ethyl adjacent to an activating group) is 1. The van der Waals surface area contributed by atoms with E-state index in [0.717, 1.165) is 24.1 Å². The molecule has 5 heteroatoms. The molecular formula is C10H13N5. The topological polar surface area (TPSA) is 62.7 Å². The first-order valence-corrected chi connectivity index (χ1v) is 4.88. The Kier molecular flexibility index (Phi) is 3.04. The van der Waals surface area contributed by atoms with Crippen LogP contribution in [0, 0.1) is 0 Å². The molecule has 2 aromatic rings. The summed E-state index contributed by atoms with van der Waals surface area (Å²) < 4.78 is 0. The summed E-state index contributed by atoms with van der Waals surface area (Å²) in [4.78, 5) is 4.33. The molecule has 0 saturated carbocycles. The highest BCUT2D eigenvalue weighted by molar-refractivity contribution is 5.73. The van der Waals surface area contributed by atoms with Gasteiger partial charge in [-0.05, 0) is 19.2 Å². The molecule has 0 aliphatic heterocycles. The van der Waals surface area contributed by atoms with Crippen LogP contribution in [0.15, 0.2) is 24.3 Å². The van der Waals surface area contributed by atoms with Crippen LogP contribution in [-0.2, 0) is 0 Å². The lowest BCUT2D eigenvalue weighted by molar-refractivity contribution is 0.815. The molecule has 5 nitrogen and oxygen atoms in total. The second-order valence-corrected chi connectivity index (χ2v) is 3.15. The van der Waals surface area contributed by atoms with Crippen LogP contribution in [0.3, 0.4) is 0 Å². The van der Waals surface area contributed by atoms with Crippen molar-refractivity contribution in [1.82, 2.24) is 20.5 Å². The molecule has 0 aliphatic rings. The van der Waals surface area contributed by atoms with Crippen LogP contribution < -0.4 is 10.6 Å². The standard InChI is InChI=1S/C10H13N5/c1-11-6-7-12-10-13-8-4-2-3-5-9(8)14-15-10/h2-5,11H,6-7H2,1H3,(H,12,13,15). The van der Waals surface area contributed by atoms with Gasteiger partial charge in [0, 0.05) is 13.1 Å². The predicted octanol–water partition coefficient (Wildman–Crippen LogP) is 0.656. The molecule has 0 aliphatic carbocycles. The van der Waals surface area contributed by atoms with Gasteiger partial charge < -0.3 is 10.6 Å². The zero-order valence-corrected chi connectivity index (χ0v) is 8.57. The minimum Gasteiger partial charge on any atom is -0.352 e. The number of anilines is 1. The Morgan fingerprint density at radius 2 is 1.87 bits per heavy atom. The Balaban J connectivity index is 2.16. The van der Waals surface area contributed by atoms with Gasteiger partial charge in [0.05, 0.1) is 5.52 Å². The van der Waals surface area contributed by atoms with Gasteiger partial charge >= 0.3 is 0 Å². The zero-order valence-electron chi connectivity index (χ0n) is 8.57. The van der Waals surface area contributed by atoms with Crippen LogP contribution >= 0.6 is 0 Å². The summed E-state index contributed by atoms with van der Waals surface area (Å²) in [6.07, 6.45) is 0. The molecule has 2 rings (SSSR count). The third-order valence-electron chi connectivity index (χ3n) is 2.02. The molecule has 0 saturated heterocycles. The van der Waals surface area contributed by atoms with E-state index in [9.17, 15) is 0 Å². The van der Waals surface area contributed by atoms with Gasteiger partial charge in [0.25, 0.3) is 0 Å². The number of nitrogens with one attached hydrogen (secondary N) is 2. The molecule has 0 radical (unpaired) electrons. The first-order chi connectivity index (χ1) is 7.40. The van der Waals surface area contributed by atoms with Crippen molar-refractivity contribution in [2.75, 3.05) is 25.5 Å². The molecular weight excluding hydrogens is 190 g/mol. The molecule has 1 heterocycles. The smallest absolute Gasteiger partial charge is 0.243 e. The van der Waals surface area contributed by atoms with E-state index in [1.54, 1.807) is 0 Å². The number of rotatable bonds is 4. The van der Waals surface area contributed by atoms with E-state index in [4.69, 9.17) is 0 Å². The van der Waals surface area contributed by atoms with E-state index in [1.165, 1.54) is 0 Å². The maximum Gasteiger partial charge on any atom is 0.243 e. The van der Waals surface area contributed by atoms with Gasteiger partial charge in [-0.3, -0.25) is 0 Å². The number of para-hydroxylation sites is 1. The quantitative estimate of drug-likeness (QED) is 0.715. The van der Waals surface area contributed by atoms with E-state index in [0.29, 0.717) is 5.95 Å². The second kappa shape index (κ2) is 4.65. The normalized spacial score (nSPS) is 10.5. The molecule has 0 amide bonds. The summed E-state index contributed by atoms with van der Waals surface area (Å²) in [5, 5.41) is 14.2. The summed E-state index contributed by atoms with van der Waals surface area (Å²) in [6.45, 7) is 1.66. The lowest BCUT2D eigenvalue weighted by atomic mass is 10.3. The van der Waals surface area contributed by atoms with Crippen molar-refractivity contribution < 1.29 is 0 Å². The van der Waals surface area contributed by atoms with Gasteiger partial charge in [-0.2, -0.15) is 0 Å². The largest absolute Gasteiger partial charge is 0.352 e. The summed E-state index contributed by atoms with van der Waals surface area (Å²) in [5.41, 5.74) is 1.68. The SMILES string of the molecule is CNCCNc1nnc2ccccc2n1. The van der Waals surface area contributed by atoms with Crippen LogP contribution in [0.25, 0.3) is 11.0 Å². The van der Waals surface area contributed by atoms with Gasteiger partial charge in [-0.15, -0.1) is 10.2 Å². The van der Waals surface area contributed by atoms with Crippen molar-refractivity contribution in [3.63, 3.8) is 0 Å². The minimum atomic E-state index is 0.573. The van der Waals surface area contributed by atoms with Crippen LogP contribution in [0.4, 0.5) is 5.95 Å². The number of aromatic nitrogens is 3. The molecule has 78 valence electrons. The highest BCUT2D eigenvalue weighted by Crippen LogP contribution is 2.08. The van der Waals surface area contributed by atoms with Gasteiger partial charge in [0.2, 0.25) is 5.95 Å². The summed E-state index contributed by atoms with van der Waals surface area (Å²) >= 11 is 0. The average Bonchev–Trinajstić information content (AvgIpc) is 2.29. The molecule has 2 N–H and O–H groups in total. The number of nitrogens with zero attached hydrogens (tertiary/aromatic N) is 3. The summed E-state index contributed by atoms with van der Waals surface area (Å²) in [5.74, 6) is 0.573. The van der Waals surface area contributed by atoms with Crippen molar-refractivity contribution in [2.24, 2.45) is 0 Å². The van der Waals surface area contributed by atoms with Crippen molar-refractivity contribution in [1.29, 1.82) is 0 Å². The zero-order chi connectivity index (χ0) is 10.5. The fourth-order valence-corrected chi connectivity index (χ4v) is 1.26. The number of benzene rings is 1. The Morgan fingerprint density at radius 1 is 1.07 bits per heavy atom. The lowest BCUT2D eigenvalue weighted by Crippen LogP contribution is -2.19. The maximum absolute atomic E-state index is 4.33. The Hall–Kier alpha value is -1.75. The Bertz CT molecular complexity index is 443. The number of fused-ring (bicyclic) bond motifs is 1. The summed E-state index contributed by atoms with van der Waals surface area (Å²) in [7, 11) is 1.90. The fraction of sp³-hybridized carbons (Fsp3) is 0.300. The molecule has 0 fully saturated rings. The van der Waals surface area contributed by atoms with E-state index in [-0.39, 0.29) is 0 Å². The number of hydrogen-bond donors (Lipinski definition) is 2. The van der Waals surface area contributed by atoms with E-state index < -0.39 is 0 Å². The van der Waals surface area contributed by atoms with Crippen LogP contribution in [0.5, 0.6) is 0 Å². The predicted molar refractivity (Wildman–Crippen MR) is 59.7 cm³/mol. The van der Waals surface area contributed by atoms with Gasteiger partial charge in [-0.1, -0.05) is 12.1 Å². The van der Waals surface area contributed by atoms with Gasteiger partial charge in [-0.25, -0.2) is 4.98 Å². The van der Waals surface area contributed by atoms with Crippen LogP contribution in [-0.4, -0.2) is 35.3 Å². The van der Waals surface area contributed by atoms with Crippen LogP contribution in [0.1, 0.15) is 0 Å². The summed E-state index contributed by atoms with van der Waals surface area (Å²) in [6, 6.07) is 7.68. The van der Waals surface area contributed by atoms with Crippen molar-refractivity contribution in [2.45, 2.75) is 0 Å². The fourth-order valence-electron chi connectivity index (χ4n) is 1.26. The van der Waals surface area contributed by atoms with E-state index in [1.807, 2.05) is 31.3 Å². The molecule has 0 spiro atoms. The van der Waals surface area contributed by atoms with Crippen molar-refractivity contribution >= 4 is 17.0 Å². The Labute approximate surface area is 87.9 Å². The van der Waals surface area contributed by atoms with Gasteiger partial charge in [0.15, 0.2) is 0 Å². The highest BCUT2D eigenvalue weighted by Gasteiger charge is 1.98. The van der Waals surface area contributed by atoms with Crippen molar-refractivity contribution in [3.05, 3.63) is 24.3 Å². The first kappa shape index (κ1) is 9.79. The number of hydrogen-bond acceptors (Lipinski definition) is 5.